The van der Waals surface area contributed by atoms with Crippen molar-refractivity contribution in [2.24, 2.45) is 0 Å². The van der Waals surface area contributed by atoms with Crippen LogP contribution in [0.25, 0.3) is 1.43 Å². The van der Waals surface area contributed by atoms with Gasteiger partial charge in [-0.1, -0.05) is 0 Å². The van der Waals surface area contributed by atoms with Gasteiger partial charge >= 0.3 is 0 Å². The third-order valence-electron chi connectivity index (χ3n) is 0.718. The van der Waals surface area contributed by atoms with Crippen LogP contribution in [-0.4, -0.2) is 9.11 Å². The Kier molecular flexibility index (Phi) is 1.00. The Hall–Kier alpha value is -0.450. The van der Waals surface area contributed by atoms with Gasteiger partial charge in [0.1, 0.15) is 0 Å². The van der Waals surface area contributed by atoms with E-state index in [9.17, 15) is 0 Å². The summed E-state index contributed by atoms with van der Waals surface area (Å²) in [6.45, 7) is 0. The highest BCUT2D eigenvalue weighted by molar-refractivity contribution is 8.29. The molecule has 1 rings (SSSR count). The van der Waals surface area contributed by atoms with E-state index >= 15 is 0 Å². The molecule has 4 heteroatoms. The third kappa shape index (κ3) is 1.26. The zero-order valence-electron chi connectivity index (χ0n) is 5.07. The SMILES string of the molecule is [2H]OS1(O)C=CNC=C1. The van der Waals surface area contributed by atoms with Gasteiger partial charge in [-0.15, -0.1) is 0 Å². The van der Waals surface area contributed by atoms with E-state index < -0.39 is 10.6 Å². The Morgan fingerprint density at radius 1 is 1.50 bits per heavy atom. The van der Waals surface area contributed by atoms with Crippen LogP contribution in [0.3, 0.4) is 0 Å². The van der Waals surface area contributed by atoms with Crippen molar-refractivity contribution in [1.29, 1.82) is 1.43 Å². The van der Waals surface area contributed by atoms with Gasteiger partial charge in [0.2, 0.25) is 1.43 Å². The summed E-state index contributed by atoms with van der Waals surface area (Å²) in [5.41, 5.74) is 0. The molecule has 8 heavy (non-hydrogen) atoms. The Balaban J connectivity index is 2.67. The molecule has 0 amide bonds. The minimum absolute atomic E-state index is 1.42. The van der Waals surface area contributed by atoms with Gasteiger partial charge in [-0.25, -0.2) is 0 Å². The predicted molar refractivity (Wildman–Crippen MR) is 34.3 cm³/mol. The highest BCUT2D eigenvalue weighted by atomic mass is 32.3. The quantitative estimate of drug-likeness (QED) is 0.506. The van der Waals surface area contributed by atoms with E-state index in [0.717, 1.165) is 0 Å². The summed E-state index contributed by atoms with van der Waals surface area (Å²) >= 11 is 0. The van der Waals surface area contributed by atoms with Gasteiger partial charge in [0.25, 0.3) is 0 Å². The molecule has 0 saturated heterocycles. The van der Waals surface area contributed by atoms with Gasteiger partial charge in [-0.3, -0.25) is 9.11 Å². The molecule has 0 atom stereocenters. The molecule has 0 aliphatic carbocycles. The van der Waals surface area contributed by atoms with E-state index in [1.54, 1.807) is 0 Å². The van der Waals surface area contributed by atoms with Crippen LogP contribution in [-0.2, 0) is 0 Å². The van der Waals surface area contributed by atoms with Crippen molar-refractivity contribution in [1.82, 2.24) is 5.32 Å². The monoisotopic (exact) mass is 134 g/mol. The van der Waals surface area contributed by atoms with Crippen LogP contribution in [0.4, 0.5) is 0 Å². The molecular formula is C4H7NO2S. The van der Waals surface area contributed by atoms with Crippen LogP contribution in [0, 0.1) is 0 Å². The van der Waals surface area contributed by atoms with Gasteiger partial charge in [0, 0.05) is 23.2 Å². The average molecular weight is 134 g/mol. The highest BCUT2D eigenvalue weighted by Gasteiger charge is 2.02. The molecule has 1 aliphatic heterocycles. The van der Waals surface area contributed by atoms with Crippen molar-refractivity contribution in [3.05, 3.63) is 23.2 Å². The fraction of sp³-hybridized carbons (Fsp3) is 0. The van der Waals surface area contributed by atoms with Crippen molar-refractivity contribution < 1.29 is 9.11 Å². The molecule has 46 valence electrons. The first-order valence-electron chi connectivity index (χ1n) is 2.47. The van der Waals surface area contributed by atoms with Gasteiger partial charge in [-0.05, 0) is 0 Å². The standard InChI is InChI=1S/C4H7NO2S/c6-8(7)3-1-5-2-4-8/h1-7H/i/hD. The summed E-state index contributed by atoms with van der Waals surface area (Å²) < 4.78 is 19.6. The predicted octanol–water partition coefficient (Wildman–Crippen LogP) is 1.28. The first-order valence-corrected chi connectivity index (χ1v) is 3.71. The zero-order chi connectivity index (χ0) is 6.74. The lowest BCUT2D eigenvalue weighted by atomic mass is 10.9. The molecule has 3 N–H and O–H groups in total. The molecule has 0 saturated carbocycles. The minimum Gasteiger partial charge on any atom is -0.365 e. The summed E-state index contributed by atoms with van der Waals surface area (Å²) in [7, 11) is -2.34. The van der Waals surface area contributed by atoms with Crippen molar-refractivity contribution in [2.45, 2.75) is 0 Å². The van der Waals surface area contributed by atoms with E-state index in [1.165, 1.54) is 23.2 Å². The Labute approximate surface area is 50.6 Å². The minimum atomic E-state index is -2.34. The first kappa shape index (κ1) is 4.43. The van der Waals surface area contributed by atoms with Crippen LogP contribution in [0.1, 0.15) is 0 Å². The largest absolute Gasteiger partial charge is 0.365 e. The Morgan fingerprint density at radius 3 is 2.50 bits per heavy atom. The number of hydrogen-bond acceptors (Lipinski definition) is 3. The fourth-order valence-electron chi connectivity index (χ4n) is 0.374. The van der Waals surface area contributed by atoms with Crippen molar-refractivity contribution in [3.8, 4) is 0 Å². The Morgan fingerprint density at radius 2 is 2.12 bits per heavy atom. The maximum atomic E-state index is 9.14. The molecule has 0 aromatic carbocycles. The van der Waals surface area contributed by atoms with E-state index in [4.69, 9.17) is 5.98 Å². The zero-order valence-corrected chi connectivity index (χ0v) is 4.89. The van der Waals surface area contributed by atoms with Crippen LogP contribution < -0.4 is 5.32 Å². The number of rotatable bonds is 1. The maximum absolute atomic E-state index is 9.14. The van der Waals surface area contributed by atoms with Gasteiger partial charge in [-0.2, -0.15) is 10.6 Å². The van der Waals surface area contributed by atoms with Crippen LogP contribution in [0.15, 0.2) is 23.2 Å². The smallest absolute Gasteiger partial charge is 0.242 e. The van der Waals surface area contributed by atoms with E-state index in [-0.39, 0.29) is 0 Å². The van der Waals surface area contributed by atoms with E-state index in [0.29, 0.717) is 0 Å². The molecule has 3 nitrogen and oxygen atoms in total. The number of hydrogen-bond donors (Lipinski definition) is 3. The molecule has 0 fully saturated rings. The topological polar surface area (TPSA) is 52.5 Å². The summed E-state index contributed by atoms with van der Waals surface area (Å²) in [5.74, 6) is 0. The molecule has 1 heterocycles. The molecule has 0 radical (unpaired) electrons. The molecule has 0 spiro atoms. The lowest BCUT2D eigenvalue weighted by Crippen LogP contribution is -2.00. The molecule has 0 aromatic rings. The molecule has 0 unspecified atom stereocenters. The van der Waals surface area contributed by atoms with Crippen LogP contribution in [0.2, 0.25) is 0 Å². The second kappa shape index (κ2) is 1.81. The lowest BCUT2D eigenvalue weighted by Gasteiger charge is -2.24. The highest BCUT2D eigenvalue weighted by Crippen LogP contribution is 2.42. The lowest BCUT2D eigenvalue weighted by molar-refractivity contribution is 0.510. The van der Waals surface area contributed by atoms with Gasteiger partial charge < -0.3 is 5.32 Å². The van der Waals surface area contributed by atoms with Gasteiger partial charge in [0.05, 0.1) is 0 Å². The first-order chi connectivity index (χ1) is 4.27. The van der Waals surface area contributed by atoms with Crippen LogP contribution in [0.5, 0.6) is 0 Å². The summed E-state index contributed by atoms with van der Waals surface area (Å²) in [5, 5.41) is 5.54. The second-order valence-electron chi connectivity index (χ2n) is 1.39. The Bertz CT molecular complexity index is 147. The normalized spacial score (nSPS) is 28.4. The summed E-state index contributed by atoms with van der Waals surface area (Å²) in [6.07, 6.45) is 3.06. The second-order valence-corrected chi connectivity index (χ2v) is 3.16. The van der Waals surface area contributed by atoms with Crippen molar-refractivity contribution in [3.63, 3.8) is 0 Å². The van der Waals surface area contributed by atoms with Gasteiger partial charge in [0.15, 0.2) is 0 Å². The van der Waals surface area contributed by atoms with Crippen LogP contribution >= 0.6 is 10.6 Å². The maximum Gasteiger partial charge on any atom is 0.242 e. The third-order valence-corrected chi connectivity index (χ3v) is 1.77. The molecular weight excluding hydrogens is 126 g/mol. The molecule has 0 bridgehead atoms. The average Bonchev–Trinajstić information content (AvgIpc) is 1.90. The fourth-order valence-corrected chi connectivity index (χ4v) is 1.01. The summed E-state index contributed by atoms with van der Waals surface area (Å²) in [6, 6.07) is 0. The number of nitrogens with one attached hydrogen (secondary N) is 1. The van der Waals surface area contributed by atoms with E-state index in [1.807, 2.05) is 0 Å². The molecule has 0 aromatic heterocycles. The molecule has 1 aliphatic rings. The van der Waals surface area contributed by atoms with E-state index in [2.05, 4.69) is 9.87 Å². The summed E-state index contributed by atoms with van der Waals surface area (Å²) in [4.78, 5) is 0. The van der Waals surface area contributed by atoms with Crippen molar-refractivity contribution >= 4 is 10.6 Å². The van der Waals surface area contributed by atoms with Crippen molar-refractivity contribution in [2.75, 3.05) is 0 Å².